The van der Waals surface area contributed by atoms with Crippen molar-refractivity contribution in [3.63, 3.8) is 0 Å². The molecule has 0 radical (unpaired) electrons. The first-order chi connectivity index (χ1) is 8.52. The van der Waals surface area contributed by atoms with E-state index >= 15 is 0 Å². The van der Waals surface area contributed by atoms with E-state index in [1.54, 1.807) is 36.4 Å². The third kappa shape index (κ3) is 1.98. The van der Waals surface area contributed by atoms with Crippen molar-refractivity contribution in [1.82, 2.24) is 0 Å². The highest BCUT2D eigenvalue weighted by Crippen LogP contribution is 2.34. The zero-order chi connectivity index (χ0) is 13.2. The highest BCUT2D eigenvalue weighted by Gasteiger charge is 2.41. The Kier molecular flexibility index (Phi) is 3.34. The molecule has 0 aliphatic heterocycles. The topological polar surface area (TPSA) is 34.1 Å². The van der Waals surface area contributed by atoms with Gasteiger partial charge in [-0.1, -0.05) is 41.8 Å². The fraction of sp³-hybridized carbons (Fsp3) is 0.143. The van der Waals surface area contributed by atoms with Crippen LogP contribution in [0.15, 0.2) is 58.5 Å². The van der Waals surface area contributed by atoms with E-state index in [4.69, 9.17) is 18.0 Å². The van der Waals surface area contributed by atoms with Gasteiger partial charge in [0.1, 0.15) is 0 Å². The van der Waals surface area contributed by atoms with E-state index in [0.717, 1.165) is 0 Å². The van der Waals surface area contributed by atoms with Gasteiger partial charge < -0.3 is 0 Å². The zero-order valence-electron chi connectivity index (χ0n) is 9.51. The molecule has 92 valence electrons. The van der Waals surface area contributed by atoms with E-state index in [9.17, 15) is 8.42 Å². The summed E-state index contributed by atoms with van der Waals surface area (Å²) in [6, 6.07) is 8.19. The molecule has 1 aliphatic carbocycles. The van der Waals surface area contributed by atoms with Gasteiger partial charge in [0.05, 0.1) is 4.90 Å². The molecule has 2 rings (SSSR count). The summed E-state index contributed by atoms with van der Waals surface area (Å²) in [7, 11) is -3.62. The molecule has 0 bridgehead atoms. The second-order valence-corrected chi connectivity index (χ2v) is 6.62. The van der Waals surface area contributed by atoms with Gasteiger partial charge in [-0.15, -0.1) is 6.42 Å². The molecule has 0 amide bonds. The molecule has 0 heterocycles. The number of rotatable bonds is 2. The van der Waals surface area contributed by atoms with E-state index < -0.39 is 14.6 Å². The Morgan fingerprint density at radius 3 is 2.44 bits per heavy atom. The minimum atomic E-state index is -3.62. The van der Waals surface area contributed by atoms with Crippen LogP contribution in [0.3, 0.4) is 0 Å². The first kappa shape index (κ1) is 12.9. The van der Waals surface area contributed by atoms with Gasteiger partial charge in [0, 0.05) is 11.5 Å². The molecule has 0 fully saturated rings. The summed E-state index contributed by atoms with van der Waals surface area (Å²) in [6.07, 6.45) is 10.3. The standard InChI is InChI=1S/C14H11ClO2S/c1-2-14(10-8-12(15)9-11-14)18(16,17)13-6-4-3-5-7-13/h1,3-10H,11H2. The molecule has 0 spiro atoms. The van der Waals surface area contributed by atoms with Crippen molar-refractivity contribution in [2.24, 2.45) is 0 Å². The summed E-state index contributed by atoms with van der Waals surface area (Å²) in [4.78, 5) is 0.221. The van der Waals surface area contributed by atoms with E-state index in [1.165, 1.54) is 12.2 Å². The Morgan fingerprint density at radius 1 is 1.28 bits per heavy atom. The number of terminal acetylenes is 1. The smallest absolute Gasteiger partial charge is 0.199 e. The highest BCUT2D eigenvalue weighted by atomic mass is 35.5. The summed E-state index contributed by atoms with van der Waals surface area (Å²) < 4.78 is 23.8. The van der Waals surface area contributed by atoms with Gasteiger partial charge in [0.25, 0.3) is 0 Å². The van der Waals surface area contributed by atoms with Crippen LogP contribution in [0.1, 0.15) is 6.42 Å². The number of sulfone groups is 1. The third-order valence-corrected chi connectivity index (χ3v) is 5.44. The molecule has 1 atom stereocenters. The second-order valence-electron chi connectivity index (χ2n) is 3.98. The van der Waals surface area contributed by atoms with Crippen molar-refractivity contribution < 1.29 is 8.42 Å². The van der Waals surface area contributed by atoms with E-state index in [-0.39, 0.29) is 11.3 Å². The maximum Gasteiger partial charge on any atom is 0.199 e. The Morgan fingerprint density at radius 2 is 1.94 bits per heavy atom. The number of hydrogen-bond acceptors (Lipinski definition) is 2. The Balaban J connectivity index is 2.54. The zero-order valence-corrected chi connectivity index (χ0v) is 11.1. The van der Waals surface area contributed by atoms with Crippen molar-refractivity contribution in [1.29, 1.82) is 0 Å². The maximum absolute atomic E-state index is 12.6. The number of hydrogen-bond donors (Lipinski definition) is 0. The lowest BCUT2D eigenvalue weighted by Gasteiger charge is -2.26. The first-order valence-electron chi connectivity index (χ1n) is 5.34. The van der Waals surface area contributed by atoms with Crippen molar-refractivity contribution >= 4 is 21.4 Å². The van der Waals surface area contributed by atoms with Gasteiger partial charge in [0.2, 0.25) is 0 Å². The van der Waals surface area contributed by atoms with E-state index in [1.807, 2.05) is 0 Å². The molecule has 1 aliphatic rings. The van der Waals surface area contributed by atoms with Gasteiger partial charge in [-0.05, 0) is 24.3 Å². The van der Waals surface area contributed by atoms with Crippen LogP contribution in [-0.4, -0.2) is 13.2 Å². The molecule has 0 saturated heterocycles. The molecule has 1 aromatic rings. The molecule has 18 heavy (non-hydrogen) atoms. The molecule has 1 aromatic carbocycles. The average Bonchev–Trinajstić information content (AvgIpc) is 2.41. The fourth-order valence-electron chi connectivity index (χ4n) is 1.79. The lowest BCUT2D eigenvalue weighted by molar-refractivity contribution is 0.576. The molecular weight excluding hydrogens is 268 g/mol. The van der Waals surface area contributed by atoms with Crippen LogP contribution < -0.4 is 0 Å². The van der Waals surface area contributed by atoms with Crippen molar-refractivity contribution in [2.75, 3.05) is 0 Å². The van der Waals surface area contributed by atoms with Gasteiger partial charge in [0.15, 0.2) is 14.6 Å². The minimum absolute atomic E-state index is 0.191. The number of benzene rings is 1. The summed E-state index contributed by atoms with van der Waals surface area (Å²) in [6.45, 7) is 0. The summed E-state index contributed by atoms with van der Waals surface area (Å²) in [5, 5.41) is 0.504. The largest absolute Gasteiger partial charge is 0.222 e. The average molecular weight is 279 g/mol. The lowest BCUT2D eigenvalue weighted by Crippen LogP contribution is -2.35. The molecule has 4 heteroatoms. The van der Waals surface area contributed by atoms with Crippen LogP contribution in [0.5, 0.6) is 0 Å². The van der Waals surface area contributed by atoms with Gasteiger partial charge in [-0.2, -0.15) is 0 Å². The van der Waals surface area contributed by atoms with Crippen LogP contribution in [0.2, 0.25) is 0 Å². The van der Waals surface area contributed by atoms with Crippen LogP contribution >= 0.6 is 11.6 Å². The van der Waals surface area contributed by atoms with Crippen molar-refractivity contribution in [3.8, 4) is 12.3 Å². The van der Waals surface area contributed by atoms with E-state index in [0.29, 0.717) is 5.03 Å². The van der Waals surface area contributed by atoms with Crippen LogP contribution in [0.25, 0.3) is 0 Å². The molecule has 1 unspecified atom stereocenters. The predicted molar refractivity (Wildman–Crippen MR) is 72.9 cm³/mol. The van der Waals surface area contributed by atoms with Crippen molar-refractivity contribution in [3.05, 3.63) is 53.6 Å². The highest BCUT2D eigenvalue weighted by molar-refractivity contribution is 7.93. The van der Waals surface area contributed by atoms with Gasteiger partial charge >= 0.3 is 0 Å². The van der Waals surface area contributed by atoms with Crippen LogP contribution in [0.4, 0.5) is 0 Å². The molecule has 0 N–H and O–H groups in total. The quantitative estimate of drug-likeness (QED) is 0.780. The fourth-order valence-corrected chi connectivity index (χ4v) is 3.57. The Bertz CT molecular complexity index is 651. The van der Waals surface area contributed by atoms with Crippen LogP contribution in [0, 0.1) is 12.3 Å². The third-order valence-electron chi connectivity index (χ3n) is 2.89. The van der Waals surface area contributed by atoms with Gasteiger partial charge in [-0.3, -0.25) is 0 Å². The molecule has 0 saturated carbocycles. The Labute approximate surface area is 112 Å². The summed E-state index contributed by atoms with van der Waals surface area (Å²) in [5.74, 6) is 2.40. The monoisotopic (exact) mass is 278 g/mol. The predicted octanol–water partition coefficient (Wildman–Crippen LogP) is 2.91. The van der Waals surface area contributed by atoms with Crippen molar-refractivity contribution in [2.45, 2.75) is 16.1 Å². The molecule has 2 nitrogen and oxygen atoms in total. The molecule has 0 aromatic heterocycles. The normalized spacial score (nSPS) is 23.2. The summed E-state index contributed by atoms with van der Waals surface area (Å²) >= 11 is 5.81. The lowest BCUT2D eigenvalue weighted by atomic mass is 10.0. The van der Waals surface area contributed by atoms with Crippen LogP contribution in [-0.2, 0) is 9.84 Å². The van der Waals surface area contributed by atoms with E-state index in [2.05, 4.69) is 5.92 Å². The number of halogens is 1. The summed E-state index contributed by atoms with van der Waals surface area (Å²) in [5.41, 5.74) is 0. The first-order valence-corrected chi connectivity index (χ1v) is 7.20. The van der Waals surface area contributed by atoms with Gasteiger partial charge in [-0.25, -0.2) is 8.42 Å². The SMILES string of the molecule is C#CC1(S(=O)(=O)c2ccccc2)C=CC(Cl)=CC1. The Hall–Kier alpha value is -1.50. The maximum atomic E-state index is 12.6. The molecular formula is C14H11ClO2S. The number of allylic oxidation sites excluding steroid dienone is 3. The second kappa shape index (κ2) is 4.64. The minimum Gasteiger partial charge on any atom is -0.222 e.